The number of nitrogens with one attached hydrogen (secondary N) is 1. The van der Waals surface area contributed by atoms with Crippen molar-refractivity contribution in [3.63, 3.8) is 0 Å². The molecule has 1 aromatic carbocycles. The lowest BCUT2D eigenvalue weighted by atomic mass is 10.2. The van der Waals surface area contributed by atoms with Gasteiger partial charge in [-0.1, -0.05) is 6.92 Å². The van der Waals surface area contributed by atoms with Gasteiger partial charge in [-0.3, -0.25) is 9.59 Å². The number of aryl methyl sites for hydroxylation is 1. The fourth-order valence-electron chi connectivity index (χ4n) is 1.96. The van der Waals surface area contributed by atoms with Crippen LogP contribution in [0.4, 0.5) is 0 Å². The minimum atomic E-state index is -0.484. The molecule has 0 bridgehead atoms. The van der Waals surface area contributed by atoms with E-state index in [-0.39, 0.29) is 19.8 Å². The third-order valence-corrected chi connectivity index (χ3v) is 3.14. The van der Waals surface area contributed by atoms with Crippen molar-refractivity contribution in [2.24, 2.45) is 0 Å². The SMILES string of the molecule is CCCc1nnc(-c2ccc(OCC(=O)NCC(=O)OCC)cc2)o1. The maximum atomic E-state index is 11.6. The smallest absolute Gasteiger partial charge is 0.325 e. The van der Waals surface area contributed by atoms with Gasteiger partial charge in [0.05, 0.1) is 6.61 Å². The van der Waals surface area contributed by atoms with Crippen LogP contribution in [0.1, 0.15) is 26.2 Å². The minimum absolute atomic E-state index is 0.174. The highest BCUT2D eigenvalue weighted by molar-refractivity contribution is 5.82. The molecule has 0 saturated carbocycles. The first-order valence-corrected chi connectivity index (χ1v) is 8.10. The molecule has 1 N–H and O–H groups in total. The number of carbonyl (C=O) groups excluding carboxylic acids is 2. The van der Waals surface area contributed by atoms with E-state index in [9.17, 15) is 9.59 Å². The van der Waals surface area contributed by atoms with Gasteiger partial charge in [0.15, 0.2) is 6.61 Å². The Kier molecular flexibility index (Phi) is 6.94. The van der Waals surface area contributed by atoms with Crippen LogP contribution >= 0.6 is 0 Å². The number of benzene rings is 1. The van der Waals surface area contributed by atoms with Crippen molar-refractivity contribution in [1.29, 1.82) is 0 Å². The van der Waals surface area contributed by atoms with Crippen LogP contribution in [0.2, 0.25) is 0 Å². The third kappa shape index (κ3) is 5.91. The second-order valence-corrected chi connectivity index (χ2v) is 5.15. The summed E-state index contributed by atoms with van der Waals surface area (Å²) in [6.45, 7) is 3.65. The summed E-state index contributed by atoms with van der Waals surface area (Å²) in [4.78, 5) is 22.7. The quantitative estimate of drug-likeness (QED) is 0.689. The lowest BCUT2D eigenvalue weighted by molar-refractivity contribution is -0.143. The van der Waals surface area contributed by atoms with E-state index in [0.29, 0.717) is 17.5 Å². The Hall–Kier alpha value is -2.90. The van der Waals surface area contributed by atoms with Crippen molar-refractivity contribution in [2.45, 2.75) is 26.7 Å². The molecule has 0 aliphatic rings. The zero-order chi connectivity index (χ0) is 18.1. The van der Waals surface area contributed by atoms with Gasteiger partial charge in [-0.05, 0) is 37.6 Å². The second kappa shape index (κ2) is 9.41. The molecule has 0 atom stereocenters. The molecule has 0 saturated heterocycles. The molecule has 0 aliphatic carbocycles. The molecular formula is C17H21N3O5. The largest absolute Gasteiger partial charge is 0.484 e. The first-order chi connectivity index (χ1) is 12.1. The highest BCUT2D eigenvalue weighted by Crippen LogP contribution is 2.21. The Morgan fingerprint density at radius 3 is 2.60 bits per heavy atom. The number of nitrogens with zero attached hydrogens (tertiary/aromatic N) is 2. The molecular weight excluding hydrogens is 326 g/mol. The van der Waals surface area contributed by atoms with Crippen molar-refractivity contribution in [1.82, 2.24) is 15.5 Å². The van der Waals surface area contributed by atoms with Gasteiger partial charge < -0.3 is 19.2 Å². The Labute approximate surface area is 145 Å². The minimum Gasteiger partial charge on any atom is -0.484 e. The number of esters is 1. The van der Waals surface area contributed by atoms with Crippen molar-refractivity contribution in [3.8, 4) is 17.2 Å². The number of carbonyl (C=O) groups is 2. The van der Waals surface area contributed by atoms with Crippen LogP contribution in [0.25, 0.3) is 11.5 Å². The lowest BCUT2D eigenvalue weighted by Crippen LogP contribution is -2.34. The summed E-state index contributed by atoms with van der Waals surface area (Å²) in [5.41, 5.74) is 0.772. The van der Waals surface area contributed by atoms with Crippen LogP contribution in [-0.4, -0.2) is 41.8 Å². The Balaban J connectivity index is 1.81. The normalized spacial score (nSPS) is 10.3. The van der Waals surface area contributed by atoms with Crippen molar-refractivity contribution < 1.29 is 23.5 Å². The van der Waals surface area contributed by atoms with Crippen LogP contribution in [-0.2, 0) is 20.7 Å². The maximum Gasteiger partial charge on any atom is 0.325 e. The van der Waals surface area contributed by atoms with Gasteiger partial charge >= 0.3 is 5.97 Å². The van der Waals surface area contributed by atoms with Crippen LogP contribution in [0.3, 0.4) is 0 Å². The summed E-state index contributed by atoms with van der Waals surface area (Å²) in [6, 6.07) is 6.96. The molecule has 1 aromatic heterocycles. The van der Waals surface area contributed by atoms with Gasteiger partial charge in [-0.2, -0.15) is 0 Å². The topological polar surface area (TPSA) is 104 Å². The molecule has 2 aromatic rings. The van der Waals surface area contributed by atoms with E-state index in [0.717, 1.165) is 18.4 Å². The van der Waals surface area contributed by atoms with E-state index < -0.39 is 11.9 Å². The van der Waals surface area contributed by atoms with Crippen LogP contribution in [0.5, 0.6) is 5.75 Å². The molecule has 1 heterocycles. The predicted octanol–water partition coefficient (Wildman–Crippen LogP) is 1.75. The molecule has 8 heteroatoms. The Morgan fingerprint density at radius 2 is 1.92 bits per heavy atom. The van der Waals surface area contributed by atoms with E-state index in [4.69, 9.17) is 13.9 Å². The molecule has 1 amide bonds. The number of ether oxygens (including phenoxy) is 2. The molecule has 2 rings (SSSR count). The van der Waals surface area contributed by atoms with Gasteiger partial charge in [0.25, 0.3) is 5.91 Å². The van der Waals surface area contributed by atoms with Gasteiger partial charge in [0.1, 0.15) is 12.3 Å². The maximum absolute atomic E-state index is 11.6. The van der Waals surface area contributed by atoms with Crippen molar-refractivity contribution in [2.75, 3.05) is 19.8 Å². The van der Waals surface area contributed by atoms with Crippen LogP contribution in [0, 0.1) is 0 Å². The number of rotatable bonds is 9. The van der Waals surface area contributed by atoms with E-state index in [1.807, 2.05) is 6.92 Å². The van der Waals surface area contributed by atoms with Crippen LogP contribution < -0.4 is 10.1 Å². The molecule has 0 aliphatic heterocycles. The monoisotopic (exact) mass is 347 g/mol. The zero-order valence-electron chi connectivity index (χ0n) is 14.3. The average Bonchev–Trinajstić information content (AvgIpc) is 3.08. The Bertz CT molecular complexity index is 697. The first-order valence-electron chi connectivity index (χ1n) is 8.10. The number of hydrogen-bond acceptors (Lipinski definition) is 7. The van der Waals surface area contributed by atoms with E-state index >= 15 is 0 Å². The number of amides is 1. The summed E-state index contributed by atoms with van der Waals surface area (Å²) in [5.74, 6) is 0.682. The van der Waals surface area contributed by atoms with E-state index in [1.165, 1.54) is 0 Å². The highest BCUT2D eigenvalue weighted by atomic mass is 16.5. The molecule has 25 heavy (non-hydrogen) atoms. The van der Waals surface area contributed by atoms with E-state index in [2.05, 4.69) is 15.5 Å². The summed E-state index contributed by atoms with van der Waals surface area (Å²) < 4.78 is 15.6. The Morgan fingerprint density at radius 1 is 1.16 bits per heavy atom. The average molecular weight is 347 g/mol. The van der Waals surface area contributed by atoms with Gasteiger partial charge in [0.2, 0.25) is 11.8 Å². The second-order valence-electron chi connectivity index (χ2n) is 5.15. The van der Waals surface area contributed by atoms with Gasteiger partial charge in [-0.15, -0.1) is 10.2 Å². The number of hydrogen-bond donors (Lipinski definition) is 1. The fourth-order valence-corrected chi connectivity index (χ4v) is 1.96. The highest BCUT2D eigenvalue weighted by Gasteiger charge is 2.09. The summed E-state index contributed by atoms with van der Waals surface area (Å²) >= 11 is 0. The molecule has 0 spiro atoms. The zero-order valence-corrected chi connectivity index (χ0v) is 14.3. The summed E-state index contributed by atoms with van der Waals surface area (Å²) in [6.07, 6.45) is 1.68. The molecule has 134 valence electrons. The summed E-state index contributed by atoms with van der Waals surface area (Å²) in [7, 11) is 0. The predicted molar refractivity (Wildman–Crippen MR) is 88.9 cm³/mol. The van der Waals surface area contributed by atoms with Gasteiger partial charge in [-0.25, -0.2) is 0 Å². The van der Waals surface area contributed by atoms with Crippen LogP contribution in [0.15, 0.2) is 28.7 Å². The fraction of sp³-hybridized carbons (Fsp3) is 0.412. The third-order valence-electron chi connectivity index (χ3n) is 3.14. The summed E-state index contributed by atoms with van der Waals surface area (Å²) in [5, 5.41) is 10.4. The molecule has 8 nitrogen and oxygen atoms in total. The lowest BCUT2D eigenvalue weighted by Gasteiger charge is -2.07. The molecule has 0 radical (unpaired) electrons. The molecule has 0 unspecified atom stereocenters. The van der Waals surface area contributed by atoms with E-state index in [1.54, 1.807) is 31.2 Å². The first kappa shape index (κ1) is 18.4. The standard InChI is InChI=1S/C17H21N3O5/c1-3-5-15-19-20-17(25-15)12-6-8-13(9-7-12)24-11-14(21)18-10-16(22)23-4-2/h6-9H,3-5,10-11H2,1-2H3,(H,18,21). The van der Waals surface area contributed by atoms with Gasteiger partial charge in [0, 0.05) is 12.0 Å². The van der Waals surface area contributed by atoms with Crippen molar-refractivity contribution >= 4 is 11.9 Å². The molecule has 0 fully saturated rings. The number of aromatic nitrogens is 2. The van der Waals surface area contributed by atoms with Crippen molar-refractivity contribution in [3.05, 3.63) is 30.2 Å².